The van der Waals surface area contributed by atoms with Gasteiger partial charge in [-0.25, -0.2) is 12.1 Å². The van der Waals surface area contributed by atoms with Crippen LogP contribution in [-0.2, 0) is 43.1 Å². The van der Waals surface area contributed by atoms with Gasteiger partial charge in [0.05, 0.1) is 0 Å². The first kappa shape index (κ1) is 37.6. The van der Waals surface area contributed by atoms with Gasteiger partial charge in [-0.3, -0.25) is 0 Å². The summed E-state index contributed by atoms with van der Waals surface area (Å²) in [4.78, 5) is 0. The smallest absolute Gasteiger partial charge is 0 e. The quantitative estimate of drug-likeness (QED) is 0.182. The van der Waals surface area contributed by atoms with E-state index in [1.54, 1.807) is 0 Å². The van der Waals surface area contributed by atoms with Gasteiger partial charge < -0.3 is 24.8 Å². The first-order valence-electron chi connectivity index (χ1n) is 13.9. The molecule has 0 radical (unpaired) electrons. The second-order valence-electron chi connectivity index (χ2n) is 12.2. The fourth-order valence-electron chi connectivity index (χ4n) is 4.64. The molecule has 3 heteroatoms. The van der Waals surface area contributed by atoms with Gasteiger partial charge in [0.1, 0.15) is 0 Å². The van der Waals surface area contributed by atoms with Gasteiger partial charge in [0, 0.05) is 25.8 Å². The summed E-state index contributed by atoms with van der Waals surface area (Å²) in [5, 5.41) is 0. The van der Waals surface area contributed by atoms with E-state index in [1.807, 2.05) is 42.5 Å². The maximum Gasteiger partial charge on any atom is 0 e. The zero-order valence-corrected chi connectivity index (χ0v) is 30.7. The Hall–Kier alpha value is -2.45. The Bertz CT molecular complexity index is 1330. The molecule has 6 rings (SSSR count). The molecular formula is C39H41Cl2Hf-5. The van der Waals surface area contributed by atoms with Crippen LogP contribution in [0.3, 0.4) is 0 Å². The average Bonchev–Trinajstić information content (AvgIpc) is 3.60. The molecule has 0 N–H and O–H groups in total. The largest absolute Gasteiger partial charge is 1.00 e. The third-order valence-corrected chi connectivity index (χ3v) is 6.95. The third kappa shape index (κ3) is 10.7. The van der Waals surface area contributed by atoms with Crippen molar-refractivity contribution >= 4 is 0 Å². The molecule has 220 valence electrons. The Morgan fingerprint density at radius 2 is 1.14 bits per heavy atom. The van der Waals surface area contributed by atoms with Crippen LogP contribution < -0.4 is 24.8 Å². The first-order valence-corrected chi connectivity index (χ1v) is 13.9. The number of halogens is 2. The normalized spacial score (nSPS) is 10.9. The minimum Gasteiger partial charge on any atom is -1.00 e. The van der Waals surface area contributed by atoms with Crippen molar-refractivity contribution in [3.8, 4) is 11.1 Å². The zero-order chi connectivity index (χ0) is 27.9. The minimum absolute atomic E-state index is 0. The van der Waals surface area contributed by atoms with Crippen molar-refractivity contribution in [3.05, 3.63) is 167 Å². The molecule has 5 aromatic rings. The summed E-state index contributed by atoms with van der Waals surface area (Å²) >= 11 is 0. The van der Waals surface area contributed by atoms with Crippen molar-refractivity contribution < 1.29 is 50.7 Å². The number of hydrogen-bond donors (Lipinski definition) is 0. The number of rotatable bonds is 2. The van der Waals surface area contributed by atoms with E-state index in [4.69, 9.17) is 0 Å². The topological polar surface area (TPSA) is 0 Å². The molecule has 0 spiro atoms. The van der Waals surface area contributed by atoms with E-state index in [9.17, 15) is 0 Å². The van der Waals surface area contributed by atoms with E-state index >= 15 is 0 Å². The van der Waals surface area contributed by atoms with Gasteiger partial charge in [0.2, 0.25) is 0 Å². The van der Waals surface area contributed by atoms with Gasteiger partial charge in [-0.2, -0.15) is 42.0 Å². The van der Waals surface area contributed by atoms with Crippen LogP contribution in [0.25, 0.3) is 11.1 Å². The van der Waals surface area contributed by atoms with E-state index in [2.05, 4.69) is 133 Å². The van der Waals surface area contributed by atoms with E-state index < -0.39 is 0 Å². The van der Waals surface area contributed by atoms with Crippen molar-refractivity contribution in [2.45, 2.75) is 58.8 Å². The number of benzene rings is 4. The van der Waals surface area contributed by atoms with Crippen LogP contribution >= 0.6 is 0 Å². The molecular weight excluding hydrogens is 718 g/mol. The maximum atomic E-state index is 3.67. The summed E-state index contributed by atoms with van der Waals surface area (Å²) < 4.78 is 0. The molecule has 0 unspecified atom stereocenters. The molecule has 0 heterocycles. The fourth-order valence-corrected chi connectivity index (χ4v) is 4.64. The number of fused-ring (bicyclic) bond motifs is 3. The number of hydrogen-bond acceptors (Lipinski definition) is 0. The third-order valence-electron chi connectivity index (χ3n) is 6.95. The molecule has 5 aromatic carbocycles. The molecule has 1 aliphatic carbocycles. The van der Waals surface area contributed by atoms with Crippen LogP contribution in [0.2, 0.25) is 0 Å². The Morgan fingerprint density at radius 1 is 0.619 bits per heavy atom. The van der Waals surface area contributed by atoms with Crippen LogP contribution in [0, 0.1) is 12.5 Å². The van der Waals surface area contributed by atoms with Gasteiger partial charge in [-0.1, -0.05) is 102 Å². The average molecular weight is 759 g/mol. The summed E-state index contributed by atoms with van der Waals surface area (Å²) in [6.07, 6.45) is 3.19. The summed E-state index contributed by atoms with van der Waals surface area (Å²) in [7, 11) is 0. The molecule has 0 aliphatic heterocycles. The van der Waals surface area contributed by atoms with Crippen molar-refractivity contribution in [2.24, 2.45) is 0 Å². The molecule has 0 amide bonds. The van der Waals surface area contributed by atoms with Crippen LogP contribution in [-0.4, -0.2) is 0 Å². The molecule has 0 nitrogen and oxygen atoms in total. The molecule has 0 saturated heterocycles. The molecule has 0 aromatic heterocycles. The van der Waals surface area contributed by atoms with Crippen LogP contribution in [0.4, 0.5) is 0 Å². The first-order chi connectivity index (χ1) is 18.6. The molecule has 0 atom stereocenters. The monoisotopic (exact) mass is 759 g/mol. The molecule has 0 saturated carbocycles. The van der Waals surface area contributed by atoms with Gasteiger partial charge >= 0.3 is 0 Å². The van der Waals surface area contributed by atoms with Crippen molar-refractivity contribution in [2.75, 3.05) is 0 Å². The van der Waals surface area contributed by atoms with Gasteiger partial charge in [-0.05, 0) is 28.4 Å². The van der Waals surface area contributed by atoms with Gasteiger partial charge in [0.15, 0.2) is 0 Å². The van der Waals surface area contributed by atoms with E-state index in [0.717, 1.165) is 6.42 Å². The van der Waals surface area contributed by atoms with E-state index in [1.165, 1.54) is 44.5 Å². The molecule has 0 fully saturated rings. The van der Waals surface area contributed by atoms with Gasteiger partial charge in [0.25, 0.3) is 0 Å². The van der Waals surface area contributed by atoms with E-state index in [-0.39, 0.29) is 61.5 Å². The van der Waals surface area contributed by atoms with Crippen LogP contribution in [0.15, 0.2) is 121 Å². The summed E-state index contributed by atoms with van der Waals surface area (Å²) in [5.41, 5.74) is 11.2. The second-order valence-corrected chi connectivity index (χ2v) is 12.2. The zero-order valence-electron chi connectivity index (χ0n) is 25.6. The minimum atomic E-state index is 0. The summed E-state index contributed by atoms with van der Waals surface area (Å²) in [6.45, 7) is 13.6. The molecule has 0 bridgehead atoms. The SMILES string of the molecule is CC(C)(C)c1[c-]c2c(cc1)-c1ccc(C(C)(C)C)cc1C2.[Cl-].[Cl-].[Hf].c1cc[cH-]c1.c1ccc([CH-]c2ccccc2)cc1. The fraction of sp³-hybridized carbons (Fsp3) is 0.231. The van der Waals surface area contributed by atoms with Crippen molar-refractivity contribution in [3.63, 3.8) is 0 Å². The Kier molecular flexibility index (Phi) is 15.2. The van der Waals surface area contributed by atoms with Crippen LogP contribution in [0.1, 0.15) is 74.9 Å². The standard InChI is InChI=1S/C21H25.C13H11.C5H5.2ClH.Hf/c1-20(2,3)16-7-9-18-14(12-16)11-15-13-17(21(4,5)6)8-10-19(15)18;1-3-7-12(8-4-1)11-13-9-5-2-6-10-13;1-2-4-5-3-1;;;/h7-10,12H,11H2,1-6H3;1-11H;1-5H;2*1H;/q3*-1;;;/p-2. The van der Waals surface area contributed by atoms with Crippen molar-refractivity contribution in [1.29, 1.82) is 0 Å². The molecule has 1 aliphatic rings. The second kappa shape index (κ2) is 17.0. The summed E-state index contributed by atoms with van der Waals surface area (Å²) in [5.74, 6) is 0. The Balaban J connectivity index is 0.000000360. The predicted molar refractivity (Wildman–Crippen MR) is 168 cm³/mol. The maximum absolute atomic E-state index is 3.67. The molecule has 42 heavy (non-hydrogen) atoms. The Morgan fingerprint density at radius 3 is 1.60 bits per heavy atom. The van der Waals surface area contributed by atoms with Crippen molar-refractivity contribution in [1.82, 2.24) is 0 Å². The van der Waals surface area contributed by atoms with Gasteiger partial charge in [-0.15, -0.1) is 52.9 Å². The van der Waals surface area contributed by atoms with Crippen LogP contribution in [0.5, 0.6) is 0 Å². The summed E-state index contributed by atoms with van der Waals surface area (Å²) in [6, 6.07) is 45.8. The Labute approximate surface area is 286 Å². The predicted octanol–water partition coefficient (Wildman–Crippen LogP) is 4.35. The van der Waals surface area contributed by atoms with E-state index in [0.29, 0.717) is 0 Å².